The lowest BCUT2D eigenvalue weighted by atomic mass is 10.2. The first-order chi connectivity index (χ1) is 10.6. The molecule has 0 aromatic carbocycles. The molecular formula is C15H25N5O2. The van der Waals surface area contributed by atoms with Gasteiger partial charge in [-0.25, -0.2) is 9.78 Å². The zero-order valence-electron chi connectivity index (χ0n) is 13.3. The summed E-state index contributed by atoms with van der Waals surface area (Å²) in [5, 5.41) is 8.12. The number of imidazole rings is 1. The normalized spacial score (nSPS) is 14.8. The van der Waals surface area contributed by atoms with Crippen molar-refractivity contribution in [1.29, 1.82) is 0 Å². The van der Waals surface area contributed by atoms with Crippen LogP contribution in [0.25, 0.3) is 0 Å². The molecule has 1 atom stereocenters. The second-order valence-corrected chi connectivity index (χ2v) is 5.64. The van der Waals surface area contributed by atoms with Crippen LogP contribution in [0.2, 0.25) is 0 Å². The van der Waals surface area contributed by atoms with Gasteiger partial charge in [0.05, 0.1) is 12.2 Å². The molecule has 0 aliphatic carbocycles. The smallest absolute Gasteiger partial charge is 0.315 e. The van der Waals surface area contributed by atoms with Gasteiger partial charge in [-0.15, -0.1) is 0 Å². The van der Waals surface area contributed by atoms with E-state index in [9.17, 15) is 9.59 Å². The SMILES string of the molecule is CCCNC(=O)C(C)NC(=O)NCc1cn2c(n1)CCCC2. The van der Waals surface area contributed by atoms with Crippen molar-refractivity contribution < 1.29 is 9.59 Å². The Bertz CT molecular complexity index is 503. The van der Waals surface area contributed by atoms with Crippen LogP contribution in [-0.2, 0) is 24.3 Å². The third kappa shape index (κ3) is 4.47. The standard InChI is InChI=1S/C15H25N5O2/c1-3-7-16-14(21)11(2)18-15(22)17-9-12-10-20-8-5-4-6-13(20)19-12/h10-11H,3-9H2,1-2H3,(H,16,21)(H2,17,18,22). The minimum Gasteiger partial charge on any atom is -0.354 e. The minimum absolute atomic E-state index is 0.172. The van der Waals surface area contributed by atoms with Crippen molar-refractivity contribution >= 4 is 11.9 Å². The van der Waals surface area contributed by atoms with Crippen LogP contribution in [0.15, 0.2) is 6.20 Å². The predicted molar refractivity (Wildman–Crippen MR) is 83.3 cm³/mol. The number of nitrogens with zero attached hydrogens (tertiary/aromatic N) is 2. The summed E-state index contributed by atoms with van der Waals surface area (Å²) < 4.78 is 2.15. The van der Waals surface area contributed by atoms with Crippen molar-refractivity contribution in [1.82, 2.24) is 25.5 Å². The van der Waals surface area contributed by atoms with E-state index in [1.54, 1.807) is 6.92 Å². The van der Waals surface area contributed by atoms with Gasteiger partial charge in [0, 0.05) is 25.7 Å². The van der Waals surface area contributed by atoms with E-state index in [2.05, 4.69) is 25.5 Å². The molecule has 1 unspecified atom stereocenters. The first-order valence-electron chi connectivity index (χ1n) is 7.97. The van der Waals surface area contributed by atoms with Gasteiger partial charge < -0.3 is 20.5 Å². The Hall–Kier alpha value is -2.05. The molecule has 3 N–H and O–H groups in total. The van der Waals surface area contributed by atoms with Crippen molar-refractivity contribution in [2.75, 3.05) is 6.54 Å². The number of nitrogens with one attached hydrogen (secondary N) is 3. The number of aromatic nitrogens is 2. The van der Waals surface area contributed by atoms with Crippen molar-refractivity contribution in [2.45, 2.75) is 58.7 Å². The maximum Gasteiger partial charge on any atom is 0.315 e. The molecular weight excluding hydrogens is 282 g/mol. The fraction of sp³-hybridized carbons (Fsp3) is 0.667. The number of urea groups is 1. The molecule has 0 radical (unpaired) electrons. The Balaban J connectivity index is 1.75. The van der Waals surface area contributed by atoms with Crippen LogP contribution in [-0.4, -0.2) is 34.1 Å². The second-order valence-electron chi connectivity index (χ2n) is 5.64. The third-order valence-corrected chi connectivity index (χ3v) is 3.68. The van der Waals surface area contributed by atoms with Crippen molar-refractivity contribution in [3.05, 3.63) is 17.7 Å². The summed E-state index contributed by atoms with van der Waals surface area (Å²) in [7, 11) is 0. The lowest BCUT2D eigenvalue weighted by Crippen LogP contribution is -2.48. The lowest BCUT2D eigenvalue weighted by Gasteiger charge is -2.14. The molecule has 2 rings (SSSR count). The molecule has 3 amide bonds. The van der Waals surface area contributed by atoms with E-state index in [0.717, 1.165) is 30.9 Å². The number of carbonyl (C=O) groups excluding carboxylic acids is 2. The molecule has 0 fully saturated rings. The van der Waals surface area contributed by atoms with E-state index in [4.69, 9.17) is 0 Å². The van der Waals surface area contributed by atoms with Crippen LogP contribution in [0.4, 0.5) is 4.79 Å². The number of fused-ring (bicyclic) bond motifs is 1. The molecule has 1 aromatic heterocycles. The molecule has 0 saturated carbocycles. The van der Waals surface area contributed by atoms with Gasteiger partial charge in [-0.2, -0.15) is 0 Å². The van der Waals surface area contributed by atoms with Gasteiger partial charge in [-0.05, 0) is 26.2 Å². The molecule has 0 saturated heterocycles. The van der Waals surface area contributed by atoms with Crippen molar-refractivity contribution in [3.8, 4) is 0 Å². The van der Waals surface area contributed by atoms with Gasteiger partial charge >= 0.3 is 6.03 Å². The largest absolute Gasteiger partial charge is 0.354 e. The monoisotopic (exact) mass is 307 g/mol. The molecule has 0 spiro atoms. The maximum atomic E-state index is 11.8. The highest BCUT2D eigenvalue weighted by atomic mass is 16.2. The fourth-order valence-corrected chi connectivity index (χ4v) is 2.44. The third-order valence-electron chi connectivity index (χ3n) is 3.68. The highest BCUT2D eigenvalue weighted by Crippen LogP contribution is 2.14. The Morgan fingerprint density at radius 3 is 2.91 bits per heavy atom. The first kappa shape index (κ1) is 16.3. The van der Waals surface area contributed by atoms with Crippen molar-refractivity contribution in [2.24, 2.45) is 0 Å². The molecule has 7 heteroatoms. The Kier molecular flexibility index (Phi) is 5.80. The minimum atomic E-state index is -0.554. The summed E-state index contributed by atoms with van der Waals surface area (Å²) in [6, 6.07) is -0.910. The molecule has 1 aromatic rings. The van der Waals surface area contributed by atoms with E-state index in [1.165, 1.54) is 12.8 Å². The summed E-state index contributed by atoms with van der Waals surface area (Å²) in [6.45, 7) is 5.64. The summed E-state index contributed by atoms with van der Waals surface area (Å²) >= 11 is 0. The molecule has 22 heavy (non-hydrogen) atoms. The maximum absolute atomic E-state index is 11.8. The number of hydrogen-bond donors (Lipinski definition) is 3. The Morgan fingerprint density at radius 1 is 1.36 bits per heavy atom. The summed E-state index contributed by atoms with van der Waals surface area (Å²) in [6.07, 6.45) is 6.22. The van der Waals surface area contributed by atoms with Gasteiger partial charge in [0.15, 0.2) is 0 Å². The van der Waals surface area contributed by atoms with Crippen LogP contribution in [0.1, 0.15) is 44.6 Å². The van der Waals surface area contributed by atoms with E-state index >= 15 is 0 Å². The van der Waals surface area contributed by atoms with Crippen LogP contribution < -0.4 is 16.0 Å². The predicted octanol–water partition coefficient (Wildman–Crippen LogP) is 0.933. The molecule has 122 valence electrons. The topological polar surface area (TPSA) is 88.0 Å². The number of aryl methyl sites for hydroxylation is 2. The van der Waals surface area contributed by atoms with Gasteiger partial charge in [-0.3, -0.25) is 4.79 Å². The quantitative estimate of drug-likeness (QED) is 0.730. The van der Waals surface area contributed by atoms with Crippen molar-refractivity contribution in [3.63, 3.8) is 0 Å². The zero-order chi connectivity index (χ0) is 15.9. The number of hydrogen-bond acceptors (Lipinski definition) is 3. The highest BCUT2D eigenvalue weighted by molar-refractivity contribution is 5.86. The molecule has 0 bridgehead atoms. The van der Waals surface area contributed by atoms with Gasteiger partial charge in [0.1, 0.15) is 11.9 Å². The number of carbonyl (C=O) groups is 2. The molecule has 1 aliphatic rings. The molecule has 2 heterocycles. The van der Waals surface area contributed by atoms with E-state index in [0.29, 0.717) is 13.1 Å². The number of rotatable bonds is 6. The second kappa shape index (κ2) is 7.82. The van der Waals surface area contributed by atoms with Crippen LogP contribution in [0.3, 0.4) is 0 Å². The average Bonchev–Trinajstić information content (AvgIpc) is 2.93. The lowest BCUT2D eigenvalue weighted by molar-refractivity contribution is -0.122. The van der Waals surface area contributed by atoms with E-state index in [1.807, 2.05) is 13.1 Å². The van der Waals surface area contributed by atoms with Crippen LogP contribution in [0, 0.1) is 0 Å². The van der Waals surface area contributed by atoms with Gasteiger partial charge in [0.2, 0.25) is 5.91 Å². The Labute approximate surface area is 130 Å². The van der Waals surface area contributed by atoms with Crippen LogP contribution in [0.5, 0.6) is 0 Å². The van der Waals surface area contributed by atoms with Gasteiger partial charge in [0.25, 0.3) is 0 Å². The van der Waals surface area contributed by atoms with Crippen LogP contribution >= 0.6 is 0 Å². The Morgan fingerprint density at radius 2 is 2.18 bits per heavy atom. The highest BCUT2D eigenvalue weighted by Gasteiger charge is 2.16. The fourth-order valence-electron chi connectivity index (χ4n) is 2.44. The number of amides is 3. The van der Waals surface area contributed by atoms with E-state index < -0.39 is 6.04 Å². The summed E-state index contributed by atoms with van der Waals surface area (Å²) in [5.74, 6) is 0.922. The summed E-state index contributed by atoms with van der Waals surface area (Å²) in [5.41, 5.74) is 0.857. The van der Waals surface area contributed by atoms with Gasteiger partial charge in [-0.1, -0.05) is 6.92 Å². The average molecular weight is 307 g/mol. The molecule has 1 aliphatic heterocycles. The summed E-state index contributed by atoms with van der Waals surface area (Å²) in [4.78, 5) is 28.0. The zero-order valence-corrected chi connectivity index (χ0v) is 13.3. The first-order valence-corrected chi connectivity index (χ1v) is 7.97. The van der Waals surface area contributed by atoms with E-state index in [-0.39, 0.29) is 11.9 Å². The molecule has 7 nitrogen and oxygen atoms in total.